The van der Waals surface area contributed by atoms with Gasteiger partial charge in [0.25, 0.3) is 5.91 Å². The van der Waals surface area contributed by atoms with Crippen molar-refractivity contribution in [2.24, 2.45) is 4.99 Å². The third-order valence-electron chi connectivity index (χ3n) is 6.38. The van der Waals surface area contributed by atoms with Gasteiger partial charge in [-0.1, -0.05) is 19.3 Å². The molecule has 4 aliphatic rings. The number of hydrogen-bond acceptors (Lipinski definition) is 4. The van der Waals surface area contributed by atoms with E-state index in [1.54, 1.807) is 16.7 Å². The van der Waals surface area contributed by atoms with E-state index in [4.69, 9.17) is 0 Å². The van der Waals surface area contributed by atoms with Crippen LogP contribution in [0.2, 0.25) is 0 Å². The van der Waals surface area contributed by atoms with Gasteiger partial charge in [-0.05, 0) is 44.4 Å². The lowest BCUT2D eigenvalue weighted by molar-refractivity contribution is -0.153. The molecule has 0 aromatic rings. The Hall–Kier alpha value is -2.44. The van der Waals surface area contributed by atoms with Crippen LogP contribution in [-0.2, 0) is 14.4 Å². The van der Waals surface area contributed by atoms with Crippen LogP contribution in [0.3, 0.4) is 0 Å². The molecule has 0 unspecified atom stereocenters. The van der Waals surface area contributed by atoms with Crippen molar-refractivity contribution in [3.8, 4) is 0 Å². The Morgan fingerprint density at radius 1 is 1.18 bits per heavy atom. The lowest BCUT2D eigenvalue weighted by atomic mass is 9.89. The molecule has 3 aliphatic heterocycles. The summed E-state index contributed by atoms with van der Waals surface area (Å²) in [4.78, 5) is 47.9. The van der Waals surface area contributed by atoms with Gasteiger partial charge in [-0.3, -0.25) is 14.4 Å². The standard InChI is InChI=1S/C21H28N4O3/c1-15-8-9-25-17(12-15)22-18(26)13-21(25,2)20(28)23-10-11-24(19(27)14-23)16-6-4-3-5-7-16/h8-9,12,16H,3-7,10-11,13-14H2,1-2H3/t21-/m1/s1. The SMILES string of the molecule is CC1=CC2=NC(=O)C[C@](C)(C(=O)N3CCN(C4CCCCC4)C(=O)C3)N2C=C1. The van der Waals surface area contributed by atoms with E-state index >= 15 is 0 Å². The highest BCUT2D eigenvalue weighted by atomic mass is 16.2. The first kappa shape index (κ1) is 18.9. The average Bonchev–Trinajstić information content (AvgIpc) is 2.67. The normalized spacial score (nSPS) is 28.9. The number of piperazine rings is 1. The van der Waals surface area contributed by atoms with E-state index in [1.807, 2.05) is 30.2 Å². The Morgan fingerprint density at radius 3 is 2.64 bits per heavy atom. The van der Waals surface area contributed by atoms with Gasteiger partial charge in [-0.25, -0.2) is 0 Å². The van der Waals surface area contributed by atoms with Gasteiger partial charge in [0.05, 0.1) is 13.0 Å². The molecule has 0 spiro atoms. The van der Waals surface area contributed by atoms with Crippen molar-refractivity contribution in [2.45, 2.75) is 64.0 Å². The zero-order valence-electron chi connectivity index (χ0n) is 16.7. The second-order valence-corrected chi connectivity index (χ2v) is 8.49. The summed E-state index contributed by atoms with van der Waals surface area (Å²) in [5.74, 6) is 0.0476. The highest BCUT2D eigenvalue weighted by Gasteiger charge is 2.48. The van der Waals surface area contributed by atoms with E-state index < -0.39 is 5.54 Å². The first-order valence-electron chi connectivity index (χ1n) is 10.2. The molecule has 7 nitrogen and oxygen atoms in total. The molecular weight excluding hydrogens is 356 g/mol. The maximum atomic E-state index is 13.4. The summed E-state index contributed by atoms with van der Waals surface area (Å²) in [5.41, 5.74) is -0.0643. The van der Waals surface area contributed by atoms with Crippen LogP contribution in [0.4, 0.5) is 0 Å². The molecule has 1 saturated carbocycles. The Labute approximate surface area is 165 Å². The second kappa shape index (κ2) is 7.18. The van der Waals surface area contributed by atoms with Gasteiger partial charge in [-0.2, -0.15) is 4.99 Å². The summed E-state index contributed by atoms with van der Waals surface area (Å²) in [7, 11) is 0. The molecule has 28 heavy (non-hydrogen) atoms. The number of nitrogens with zero attached hydrogens (tertiary/aromatic N) is 4. The Bertz CT molecular complexity index is 793. The predicted octanol–water partition coefficient (Wildman–Crippen LogP) is 1.85. The molecule has 0 aromatic heterocycles. The predicted molar refractivity (Wildman–Crippen MR) is 105 cm³/mol. The number of amides is 3. The van der Waals surface area contributed by atoms with E-state index in [-0.39, 0.29) is 30.7 Å². The minimum atomic E-state index is -1.05. The molecule has 1 atom stereocenters. The fourth-order valence-corrected chi connectivity index (χ4v) is 4.80. The lowest BCUT2D eigenvalue weighted by Gasteiger charge is -2.47. The number of aliphatic imine (C=N–C) groups is 1. The van der Waals surface area contributed by atoms with Crippen LogP contribution in [-0.4, -0.2) is 69.5 Å². The van der Waals surface area contributed by atoms with Crippen molar-refractivity contribution in [3.05, 3.63) is 23.9 Å². The molecule has 1 aliphatic carbocycles. The van der Waals surface area contributed by atoms with Crippen molar-refractivity contribution in [2.75, 3.05) is 19.6 Å². The maximum Gasteiger partial charge on any atom is 0.250 e. The van der Waals surface area contributed by atoms with E-state index in [0.717, 1.165) is 18.4 Å². The van der Waals surface area contributed by atoms with Crippen LogP contribution in [0.5, 0.6) is 0 Å². The molecule has 150 valence electrons. The molecule has 0 aromatic carbocycles. The van der Waals surface area contributed by atoms with E-state index in [0.29, 0.717) is 25.0 Å². The highest BCUT2D eigenvalue weighted by Crippen LogP contribution is 2.32. The third-order valence-corrected chi connectivity index (χ3v) is 6.38. The van der Waals surface area contributed by atoms with E-state index in [9.17, 15) is 14.4 Å². The fourth-order valence-electron chi connectivity index (χ4n) is 4.80. The van der Waals surface area contributed by atoms with Crippen LogP contribution >= 0.6 is 0 Å². The minimum Gasteiger partial charge on any atom is -0.336 e. The molecule has 3 amide bonds. The van der Waals surface area contributed by atoms with Crippen molar-refractivity contribution < 1.29 is 14.4 Å². The van der Waals surface area contributed by atoms with Crippen molar-refractivity contribution in [1.82, 2.24) is 14.7 Å². The van der Waals surface area contributed by atoms with Crippen molar-refractivity contribution in [1.29, 1.82) is 0 Å². The highest BCUT2D eigenvalue weighted by molar-refractivity contribution is 6.10. The van der Waals surface area contributed by atoms with Crippen molar-refractivity contribution >= 4 is 23.6 Å². The van der Waals surface area contributed by atoms with Crippen molar-refractivity contribution in [3.63, 3.8) is 0 Å². The number of amidine groups is 1. The Kier molecular flexibility index (Phi) is 4.85. The molecule has 7 heteroatoms. The summed E-state index contributed by atoms with van der Waals surface area (Å²) in [6.07, 6.45) is 11.3. The number of rotatable bonds is 2. The van der Waals surface area contributed by atoms with E-state index in [1.165, 1.54) is 19.3 Å². The van der Waals surface area contributed by atoms with Gasteiger partial charge < -0.3 is 14.7 Å². The van der Waals surface area contributed by atoms with Gasteiger partial charge in [0.15, 0.2) is 0 Å². The molecular formula is C21H28N4O3. The smallest absolute Gasteiger partial charge is 0.250 e. The topological polar surface area (TPSA) is 73.3 Å². The van der Waals surface area contributed by atoms with Crippen LogP contribution in [0.1, 0.15) is 52.4 Å². The zero-order chi connectivity index (χ0) is 19.9. The molecule has 1 saturated heterocycles. The Morgan fingerprint density at radius 2 is 1.93 bits per heavy atom. The van der Waals surface area contributed by atoms with Crippen LogP contribution in [0, 0.1) is 0 Å². The molecule has 2 fully saturated rings. The summed E-state index contributed by atoms with van der Waals surface area (Å²) in [5, 5.41) is 0. The summed E-state index contributed by atoms with van der Waals surface area (Å²) >= 11 is 0. The molecule has 0 N–H and O–H groups in total. The summed E-state index contributed by atoms with van der Waals surface area (Å²) in [6.45, 7) is 4.90. The molecule has 3 heterocycles. The average molecular weight is 384 g/mol. The molecule has 4 rings (SSSR count). The second-order valence-electron chi connectivity index (χ2n) is 8.49. The maximum absolute atomic E-state index is 13.4. The number of allylic oxidation sites excluding steroid dienone is 2. The third kappa shape index (κ3) is 3.27. The van der Waals surface area contributed by atoms with Gasteiger partial charge >= 0.3 is 0 Å². The summed E-state index contributed by atoms with van der Waals surface area (Å²) in [6, 6.07) is 0.322. The number of carbonyl (C=O) groups is 3. The van der Waals surface area contributed by atoms with Gasteiger partial charge in [0, 0.05) is 25.3 Å². The van der Waals surface area contributed by atoms with Gasteiger partial charge in [0.2, 0.25) is 11.8 Å². The lowest BCUT2D eigenvalue weighted by Crippen LogP contribution is -2.64. The first-order valence-corrected chi connectivity index (χ1v) is 10.2. The minimum absolute atomic E-state index is 0.0175. The molecule has 0 bridgehead atoms. The van der Waals surface area contributed by atoms with Crippen LogP contribution in [0.15, 0.2) is 28.9 Å². The quantitative estimate of drug-likeness (QED) is 0.728. The van der Waals surface area contributed by atoms with Gasteiger partial charge in [0.1, 0.15) is 11.4 Å². The zero-order valence-corrected chi connectivity index (χ0v) is 16.7. The number of carbonyl (C=O) groups excluding carboxylic acids is 3. The number of fused-ring (bicyclic) bond motifs is 1. The van der Waals surface area contributed by atoms with Crippen LogP contribution < -0.4 is 0 Å². The van der Waals surface area contributed by atoms with E-state index in [2.05, 4.69) is 4.99 Å². The van der Waals surface area contributed by atoms with Gasteiger partial charge in [-0.15, -0.1) is 0 Å². The first-order chi connectivity index (χ1) is 13.4. The summed E-state index contributed by atoms with van der Waals surface area (Å²) < 4.78 is 0. The van der Waals surface area contributed by atoms with Crippen LogP contribution in [0.25, 0.3) is 0 Å². The largest absolute Gasteiger partial charge is 0.336 e. The Balaban J connectivity index is 1.50. The number of hydrogen-bond donors (Lipinski definition) is 0. The molecule has 0 radical (unpaired) electrons. The monoisotopic (exact) mass is 384 g/mol. The fraction of sp³-hybridized carbons (Fsp3) is 0.619.